The Kier molecular flexibility index (Phi) is 19.6. The van der Waals surface area contributed by atoms with Crippen molar-refractivity contribution >= 4 is 19.9 Å². The van der Waals surface area contributed by atoms with Crippen LogP contribution in [0.1, 0.15) is 133 Å². The minimum atomic E-state index is -2.18. The number of nitrogen functional groups attached to an aromatic ring is 1. The van der Waals surface area contributed by atoms with E-state index in [1.807, 2.05) is 18.2 Å². The molecule has 0 aliphatic carbocycles. The van der Waals surface area contributed by atoms with Gasteiger partial charge in [0.2, 0.25) is 0 Å². The Hall–Kier alpha value is -2.91. The summed E-state index contributed by atoms with van der Waals surface area (Å²) in [6.07, 6.45) is 22.1. The minimum Gasteiger partial charge on any atom is -0.493 e. The fourth-order valence-corrected chi connectivity index (χ4v) is 7.22. The van der Waals surface area contributed by atoms with Crippen molar-refractivity contribution in [2.75, 3.05) is 38.8 Å². The molecule has 2 aromatic heterocycles. The van der Waals surface area contributed by atoms with Gasteiger partial charge in [-0.2, -0.15) is 10.4 Å². The predicted molar refractivity (Wildman–Crippen MR) is 201 cm³/mol. The Balaban J connectivity index is 1.10. The third kappa shape index (κ3) is 15.2. The number of benzene rings is 1. The first-order valence-electron chi connectivity index (χ1n) is 19.4. The summed E-state index contributed by atoms with van der Waals surface area (Å²) in [7, 11) is -2.18. The van der Waals surface area contributed by atoms with Crippen LogP contribution in [-0.4, -0.2) is 58.6 Å². The van der Waals surface area contributed by atoms with Crippen LogP contribution in [0.15, 0.2) is 36.7 Å². The van der Waals surface area contributed by atoms with Crippen LogP contribution in [0.25, 0.3) is 5.52 Å². The van der Waals surface area contributed by atoms with Crippen LogP contribution in [0.2, 0.25) is 0 Å². The van der Waals surface area contributed by atoms with E-state index in [1.165, 1.54) is 102 Å². The maximum atomic E-state index is 14.0. The molecule has 4 rings (SSSR count). The van der Waals surface area contributed by atoms with E-state index in [0.29, 0.717) is 19.0 Å². The molecule has 4 atom stereocenters. The number of hydrogen-bond donors (Lipinski definition) is 2. The topological polar surface area (TPSA) is 146 Å². The van der Waals surface area contributed by atoms with Gasteiger partial charge in [0, 0.05) is 18.6 Å². The normalized spacial score (nSPS) is 17.0. The lowest BCUT2D eigenvalue weighted by atomic mass is 10.0. The van der Waals surface area contributed by atoms with Gasteiger partial charge in [0.25, 0.3) is 0 Å². The quantitative estimate of drug-likeness (QED) is 0.0545. The summed E-state index contributed by atoms with van der Waals surface area (Å²) in [6.45, 7) is 3.68. The number of nitrogens with zero attached hydrogens (tertiary/aromatic N) is 4. The third-order valence-electron chi connectivity index (χ3n) is 9.47. The molecule has 1 aliphatic heterocycles. The molecular formula is C39H59FN5O6P. The fraction of sp³-hybridized carbons (Fsp3) is 0.667. The summed E-state index contributed by atoms with van der Waals surface area (Å²) >= 11 is 0. The summed E-state index contributed by atoms with van der Waals surface area (Å²) in [5, 5.41) is 13.5. The third-order valence-corrected chi connectivity index (χ3v) is 10.2. The van der Waals surface area contributed by atoms with Crippen molar-refractivity contribution in [3.63, 3.8) is 0 Å². The van der Waals surface area contributed by atoms with Gasteiger partial charge in [-0.25, -0.2) is 13.9 Å². The second-order valence-corrected chi connectivity index (χ2v) is 14.8. The number of halogens is 1. The molecule has 0 saturated carbocycles. The van der Waals surface area contributed by atoms with E-state index in [1.54, 1.807) is 4.52 Å². The molecule has 3 aromatic rings. The molecule has 52 heavy (non-hydrogen) atoms. The molecular weight excluding hydrogens is 684 g/mol. The summed E-state index contributed by atoms with van der Waals surface area (Å²) in [4.78, 5) is 14.6. The molecule has 0 bridgehead atoms. The zero-order valence-electron chi connectivity index (χ0n) is 30.9. The van der Waals surface area contributed by atoms with Crippen LogP contribution in [0.3, 0.4) is 0 Å². The first-order chi connectivity index (χ1) is 25.5. The molecule has 3 heterocycles. The van der Waals surface area contributed by atoms with Crippen molar-refractivity contribution in [2.45, 2.75) is 128 Å². The second kappa shape index (κ2) is 24.4. The van der Waals surface area contributed by atoms with Crippen LogP contribution in [0.4, 0.5) is 10.2 Å². The molecule has 1 saturated heterocycles. The van der Waals surface area contributed by atoms with E-state index in [2.05, 4.69) is 17.0 Å². The van der Waals surface area contributed by atoms with E-state index in [0.717, 1.165) is 43.0 Å². The van der Waals surface area contributed by atoms with Crippen molar-refractivity contribution in [1.82, 2.24) is 14.6 Å². The van der Waals surface area contributed by atoms with Crippen LogP contribution in [-0.2, 0) is 18.5 Å². The summed E-state index contributed by atoms with van der Waals surface area (Å²) in [5.41, 5.74) is 7.77. The predicted octanol–water partition coefficient (Wildman–Crippen LogP) is 9.38. The first-order valence-corrected chi connectivity index (χ1v) is 20.5. The molecule has 0 radical (unpaired) electrons. The lowest BCUT2D eigenvalue weighted by molar-refractivity contribution is 0.00717. The highest BCUT2D eigenvalue weighted by molar-refractivity contribution is 7.40. The van der Waals surface area contributed by atoms with E-state index in [4.69, 9.17) is 29.0 Å². The van der Waals surface area contributed by atoms with E-state index in [9.17, 15) is 14.5 Å². The van der Waals surface area contributed by atoms with Crippen LogP contribution in [0, 0.1) is 23.1 Å². The summed E-state index contributed by atoms with van der Waals surface area (Å²) in [6, 6.07) is 9.65. The van der Waals surface area contributed by atoms with Gasteiger partial charge >= 0.3 is 8.60 Å². The second-order valence-electron chi connectivity index (χ2n) is 13.8. The maximum Gasteiger partial charge on any atom is 0.329 e. The number of nitriles is 1. The summed E-state index contributed by atoms with van der Waals surface area (Å²) in [5.74, 6) is -0.138. The molecule has 11 nitrogen and oxygen atoms in total. The van der Waals surface area contributed by atoms with Crippen LogP contribution >= 0.6 is 8.60 Å². The van der Waals surface area contributed by atoms with Gasteiger partial charge in [0.1, 0.15) is 29.5 Å². The number of fused-ring (bicyclic) bond motifs is 1. The highest BCUT2D eigenvalue weighted by atomic mass is 31.2. The highest BCUT2D eigenvalue weighted by Gasteiger charge is 2.30. The zero-order chi connectivity index (χ0) is 36.8. The van der Waals surface area contributed by atoms with Crippen molar-refractivity contribution in [3.8, 4) is 11.8 Å². The smallest absolute Gasteiger partial charge is 0.329 e. The molecule has 1 aliphatic rings. The van der Waals surface area contributed by atoms with Crippen molar-refractivity contribution < 1.29 is 32.5 Å². The number of anilines is 1. The number of aromatic nitrogens is 3. The lowest BCUT2D eigenvalue weighted by Crippen LogP contribution is -2.23. The number of rotatable bonds is 28. The first kappa shape index (κ1) is 41.8. The number of hydrogen-bond acceptors (Lipinski definition) is 10. The molecule has 13 heteroatoms. The molecule has 4 unspecified atom stereocenters. The molecule has 0 spiro atoms. The van der Waals surface area contributed by atoms with Crippen molar-refractivity contribution in [2.24, 2.45) is 5.92 Å². The fourth-order valence-electron chi connectivity index (χ4n) is 6.51. The molecule has 1 fully saturated rings. The molecule has 1 aromatic carbocycles. The van der Waals surface area contributed by atoms with Gasteiger partial charge < -0.3 is 33.9 Å². The Labute approximate surface area is 310 Å². The lowest BCUT2D eigenvalue weighted by Gasteiger charge is -2.20. The van der Waals surface area contributed by atoms with Crippen molar-refractivity contribution in [3.05, 3.63) is 53.7 Å². The van der Waals surface area contributed by atoms with Gasteiger partial charge in [-0.15, -0.1) is 0 Å². The Morgan fingerprint density at radius 1 is 0.942 bits per heavy atom. The van der Waals surface area contributed by atoms with Gasteiger partial charge in [-0.05, 0) is 43.5 Å². The minimum absolute atomic E-state index is 0.118. The molecule has 3 N–H and O–H groups in total. The summed E-state index contributed by atoms with van der Waals surface area (Å²) < 4.78 is 45.1. The van der Waals surface area contributed by atoms with Gasteiger partial charge in [-0.1, -0.05) is 96.8 Å². The van der Waals surface area contributed by atoms with Gasteiger partial charge in [-0.3, -0.25) is 0 Å². The number of nitrogens with two attached hydrogens (primary N) is 1. The highest BCUT2D eigenvalue weighted by Crippen LogP contribution is 2.38. The molecule has 288 valence electrons. The van der Waals surface area contributed by atoms with Crippen molar-refractivity contribution in [1.29, 1.82) is 5.26 Å². The Bertz CT molecular complexity index is 1470. The van der Waals surface area contributed by atoms with E-state index in [-0.39, 0.29) is 49.3 Å². The average Bonchev–Trinajstić information content (AvgIpc) is 3.80. The van der Waals surface area contributed by atoms with E-state index >= 15 is 0 Å². The largest absolute Gasteiger partial charge is 0.493 e. The molecule has 0 amide bonds. The maximum absolute atomic E-state index is 14.0. The average molecular weight is 744 g/mol. The Morgan fingerprint density at radius 2 is 1.63 bits per heavy atom. The monoisotopic (exact) mass is 743 g/mol. The number of ether oxygens (including phenoxy) is 3. The van der Waals surface area contributed by atoms with Crippen LogP contribution in [0.5, 0.6) is 5.75 Å². The van der Waals surface area contributed by atoms with E-state index < -0.39 is 14.4 Å². The van der Waals surface area contributed by atoms with Gasteiger partial charge in [0.05, 0.1) is 49.9 Å². The van der Waals surface area contributed by atoms with Crippen LogP contribution < -0.4 is 10.5 Å². The Morgan fingerprint density at radius 3 is 2.33 bits per heavy atom. The van der Waals surface area contributed by atoms with Gasteiger partial charge in [0.15, 0.2) is 5.82 Å². The SMILES string of the molecule is CCCCCCCCCCCCCCCCCOCC(COc1cc(F)cc(C#N)c1)COP(O)OCC1CCC(c2ccc3c(N)ncnn23)O1. The zero-order valence-corrected chi connectivity index (χ0v) is 31.8. The number of unbranched alkanes of at least 4 members (excludes halogenated alkanes) is 14. The standard InChI is InChI=1S/C39H59FN5O6P/c1-2-3-4-5-6-7-8-9-10-11-12-13-14-15-16-21-47-26-32(27-48-35-23-31(25-41)22-33(40)24-35)28-49-52(46)50-29-34-17-20-38(51-34)36-18-19-37-39(42)43-30-44-45(36)37/h18-19,22-24,30,32,34,38,46H,2-17,20-21,26-29H2,1H3,(H2,42,43,44).